The van der Waals surface area contributed by atoms with Crippen LogP contribution in [0.2, 0.25) is 5.02 Å². The topological polar surface area (TPSA) is 58.4 Å². The average molecular weight is 444 g/mol. The standard InChI is InChI=1S/C23H20ClF2N3O2/c1-12(30)28-7-6-20-18(11-28)22(13-2-4-14(24)5-3-13)27-29(20)23-17-8-15(25)9-19(26)16(17)10-21(23)31/h2-5,8-9,21,23,31H,6-7,10-11H2,1H3/t21-,23+/m0/s1. The number of halogens is 3. The Morgan fingerprint density at radius 2 is 1.94 bits per heavy atom. The van der Waals surface area contributed by atoms with Gasteiger partial charge in [0.25, 0.3) is 0 Å². The first kappa shape index (κ1) is 20.2. The van der Waals surface area contributed by atoms with Crippen LogP contribution in [0.15, 0.2) is 36.4 Å². The summed E-state index contributed by atoms with van der Waals surface area (Å²) in [5.41, 5.74) is 3.97. The van der Waals surface area contributed by atoms with Crippen LogP contribution in [-0.4, -0.2) is 38.3 Å². The lowest BCUT2D eigenvalue weighted by Gasteiger charge is -2.28. The summed E-state index contributed by atoms with van der Waals surface area (Å²) in [6, 6.07) is 8.65. The van der Waals surface area contributed by atoms with Crippen molar-refractivity contribution in [1.82, 2.24) is 14.7 Å². The van der Waals surface area contributed by atoms with E-state index in [0.29, 0.717) is 41.4 Å². The first-order chi connectivity index (χ1) is 14.8. The fourth-order valence-electron chi connectivity index (χ4n) is 4.71. The molecule has 0 saturated carbocycles. The maximum atomic E-state index is 14.4. The van der Waals surface area contributed by atoms with Gasteiger partial charge >= 0.3 is 0 Å². The monoisotopic (exact) mass is 443 g/mol. The zero-order valence-corrected chi connectivity index (χ0v) is 17.5. The van der Waals surface area contributed by atoms with E-state index in [2.05, 4.69) is 0 Å². The van der Waals surface area contributed by atoms with E-state index in [1.54, 1.807) is 21.7 Å². The highest BCUT2D eigenvalue weighted by Gasteiger charge is 2.39. The molecule has 0 radical (unpaired) electrons. The second-order valence-electron chi connectivity index (χ2n) is 8.09. The van der Waals surface area contributed by atoms with Crippen molar-refractivity contribution in [2.45, 2.75) is 38.5 Å². The number of carbonyl (C=O) groups excluding carboxylic acids is 1. The zero-order valence-electron chi connectivity index (χ0n) is 16.8. The Bertz CT molecular complexity index is 1190. The highest BCUT2D eigenvalue weighted by Crippen LogP contribution is 2.40. The molecule has 0 saturated heterocycles. The van der Waals surface area contributed by atoms with Crippen molar-refractivity contribution < 1.29 is 18.7 Å². The van der Waals surface area contributed by atoms with Crippen LogP contribution in [0.1, 0.15) is 35.3 Å². The van der Waals surface area contributed by atoms with Crippen LogP contribution in [0.25, 0.3) is 11.3 Å². The van der Waals surface area contributed by atoms with Gasteiger partial charge in [-0.25, -0.2) is 8.78 Å². The van der Waals surface area contributed by atoms with Crippen LogP contribution in [0.4, 0.5) is 8.78 Å². The molecule has 5 rings (SSSR count). The molecule has 2 heterocycles. The number of nitrogens with zero attached hydrogens (tertiary/aromatic N) is 3. The van der Waals surface area contributed by atoms with Crippen molar-refractivity contribution in [2.75, 3.05) is 6.54 Å². The smallest absolute Gasteiger partial charge is 0.219 e. The number of amides is 1. The van der Waals surface area contributed by atoms with Gasteiger partial charge < -0.3 is 10.0 Å². The summed E-state index contributed by atoms with van der Waals surface area (Å²) in [6.07, 6.45) is -0.304. The molecule has 1 N–H and O–H groups in total. The second kappa shape index (κ2) is 7.43. The maximum Gasteiger partial charge on any atom is 0.219 e. The normalized spacial score (nSPS) is 20.0. The molecule has 1 amide bonds. The fourth-order valence-corrected chi connectivity index (χ4v) is 4.84. The molecule has 0 bridgehead atoms. The number of aliphatic hydroxyl groups is 1. The third-order valence-electron chi connectivity index (χ3n) is 6.20. The van der Waals surface area contributed by atoms with E-state index in [1.807, 2.05) is 12.1 Å². The molecule has 8 heteroatoms. The number of fused-ring (bicyclic) bond motifs is 2. The summed E-state index contributed by atoms with van der Waals surface area (Å²) in [5.74, 6) is -1.37. The summed E-state index contributed by atoms with van der Waals surface area (Å²) < 4.78 is 30.1. The van der Waals surface area contributed by atoms with Crippen LogP contribution < -0.4 is 0 Å². The molecule has 2 aliphatic rings. The summed E-state index contributed by atoms with van der Waals surface area (Å²) in [7, 11) is 0. The van der Waals surface area contributed by atoms with Gasteiger partial charge in [0.2, 0.25) is 5.91 Å². The quantitative estimate of drug-likeness (QED) is 0.653. The van der Waals surface area contributed by atoms with Crippen LogP contribution in [0.3, 0.4) is 0 Å². The predicted molar refractivity (Wildman–Crippen MR) is 112 cm³/mol. The molecule has 31 heavy (non-hydrogen) atoms. The number of aromatic nitrogens is 2. The minimum Gasteiger partial charge on any atom is -0.390 e. The van der Waals surface area contributed by atoms with E-state index >= 15 is 0 Å². The number of carbonyl (C=O) groups is 1. The molecule has 2 aromatic carbocycles. The minimum absolute atomic E-state index is 0.0316. The number of hydrogen-bond donors (Lipinski definition) is 1. The Labute approximate surface area is 182 Å². The third-order valence-corrected chi connectivity index (χ3v) is 6.46. The maximum absolute atomic E-state index is 14.4. The highest BCUT2D eigenvalue weighted by molar-refractivity contribution is 6.30. The zero-order chi connectivity index (χ0) is 21.9. The van der Waals surface area contributed by atoms with Gasteiger partial charge in [0.15, 0.2) is 0 Å². The number of hydrogen-bond acceptors (Lipinski definition) is 3. The van der Waals surface area contributed by atoms with Gasteiger partial charge in [0.05, 0.1) is 11.8 Å². The van der Waals surface area contributed by atoms with E-state index in [1.165, 1.54) is 13.0 Å². The first-order valence-electron chi connectivity index (χ1n) is 10.1. The van der Waals surface area contributed by atoms with Gasteiger partial charge in [0.1, 0.15) is 17.7 Å². The molecule has 160 valence electrons. The van der Waals surface area contributed by atoms with Gasteiger partial charge in [-0.2, -0.15) is 5.10 Å². The van der Waals surface area contributed by atoms with Gasteiger partial charge in [0, 0.05) is 60.8 Å². The average Bonchev–Trinajstić information content (AvgIpc) is 3.25. The summed E-state index contributed by atoms with van der Waals surface area (Å²) in [6.45, 7) is 2.43. The lowest BCUT2D eigenvalue weighted by atomic mass is 10.00. The van der Waals surface area contributed by atoms with Gasteiger partial charge in [-0.05, 0) is 29.3 Å². The summed E-state index contributed by atoms with van der Waals surface area (Å²) >= 11 is 6.04. The number of rotatable bonds is 2. The second-order valence-corrected chi connectivity index (χ2v) is 8.52. The lowest BCUT2D eigenvalue weighted by molar-refractivity contribution is -0.129. The molecule has 0 spiro atoms. The van der Waals surface area contributed by atoms with Crippen LogP contribution in [0.5, 0.6) is 0 Å². The van der Waals surface area contributed by atoms with Crippen LogP contribution >= 0.6 is 11.6 Å². The SMILES string of the molecule is CC(=O)N1CCc2c(c(-c3ccc(Cl)cc3)nn2[C@@H]2c3cc(F)cc(F)c3C[C@@H]2O)C1. The molecule has 1 aromatic heterocycles. The largest absolute Gasteiger partial charge is 0.390 e. The van der Waals surface area contributed by atoms with E-state index in [9.17, 15) is 18.7 Å². The third kappa shape index (κ3) is 3.32. The van der Waals surface area contributed by atoms with E-state index in [4.69, 9.17) is 16.7 Å². The summed E-state index contributed by atoms with van der Waals surface area (Å²) in [5, 5.41) is 16.2. The summed E-state index contributed by atoms with van der Waals surface area (Å²) in [4.78, 5) is 13.8. The molecule has 0 unspecified atom stereocenters. The first-order valence-corrected chi connectivity index (χ1v) is 10.5. The minimum atomic E-state index is -0.931. The molecular formula is C23H20ClF2N3O2. The van der Waals surface area contributed by atoms with Gasteiger partial charge in [-0.15, -0.1) is 0 Å². The molecule has 1 aliphatic heterocycles. The van der Waals surface area contributed by atoms with Gasteiger partial charge in [-0.3, -0.25) is 9.48 Å². The number of benzene rings is 2. The molecule has 3 aromatic rings. The highest BCUT2D eigenvalue weighted by atomic mass is 35.5. The van der Waals surface area contributed by atoms with E-state index in [-0.39, 0.29) is 12.3 Å². The van der Waals surface area contributed by atoms with E-state index < -0.39 is 23.8 Å². The fraction of sp³-hybridized carbons (Fsp3) is 0.304. The molecular weight excluding hydrogens is 424 g/mol. The predicted octanol–water partition coefficient (Wildman–Crippen LogP) is 3.89. The van der Waals surface area contributed by atoms with Crippen molar-refractivity contribution in [3.63, 3.8) is 0 Å². The molecule has 1 aliphatic carbocycles. The Morgan fingerprint density at radius 1 is 1.19 bits per heavy atom. The Balaban J connectivity index is 1.69. The molecule has 2 atom stereocenters. The van der Waals surface area contributed by atoms with Crippen molar-refractivity contribution >= 4 is 17.5 Å². The molecule has 0 fully saturated rings. The van der Waals surface area contributed by atoms with Crippen LogP contribution in [-0.2, 0) is 24.2 Å². The van der Waals surface area contributed by atoms with Crippen molar-refractivity contribution in [3.05, 3.63) is 75.4 Å². The Morgan fingerprint density at radius 3 is 2.65 bits per heavy atom. The lowest BCUT2D eigenvalue weighted by Crippen LogP contribution is -2.35. The van der Waals surface area contributed by atoms with Crippen molar-refractivity contribution in [1.29, 1.82) is 0 Å². The van der Waals surface area contributed by atoms with Crippen LogP contribution in [0, 0.1) is 11.6 Å². The van der Waals surface area contributed by atoms with Crippen molar-refractivity contribution in [2.24, 2.45) is 0 Å². The number of aliphatic hydroxyl groups excluding tert-OH is 1. The molecule has 5 nitrogen and oxygen atoms in total. The Hall–Kier alpha value is -2.77. The van der Waals surface area contributed by atoms with Gasteiger partial charge in [-0.1, -0.05) is 23.7 Å². The van der Waals surface area contributed by atoms with Crippen molar-refractivity contribution in [3.8, 4) is 11.3 Å². The van der Waals surface area contributed by atoms with E-state index in [0.717, 1.165) is 22.9 Å². The Kier molecular flexibility index (Phi) is 4.83.